The summed E-state index contributed by atoms with van der Waals surface area (Å²) in [5.74, 6) is 0. The zero-order valence-electron chi connectivity index (χ0n) is 14.8. The summed E-state index contributed by atoms with van der Waals surface area (Å²) in [6, 6.07) is 19.3. The number of alkyl carbamates (subject to hydrolysis) is 1. The van der Waals surface area contributed by atoms with E-state index in [-0.39, 0.29) is 12.6 Å². The SMILES string of the molecule is CC(NC(=O)OC(C)(C)C)c1cccc(CO)c1.c1ccccc1. The van der Waals surface area contributed by atoms with Gasteiger partial charge in [-0.15, -0.1) is 0 Å². The third-order valence-electron chi connectivity index (χ3n) is 3.03. The normalized spacial score (nSPS) is 11.7. The number of hydrogen-bond donors (Lipinski definition) is 2. The molecule has 0 saturated heterocycles. The Morgan fingerprint density at radius 1 is 1.08 bits per heavy atom. The van der Waals surface area contributed by atoms with Crippen molar-refractivity contribution >= 4 is 6.09 Å². The number of hydrogen-bond acceptors (Lipinski definition) is 3. The molecule has 0 aliphatic heterocycles. The number of amides is 1. The van der Waals surface area contributed by atoms with Crippen LogP contribution in [0.1, 0.15) is 44.9 Å². The standard InChI is InChI=1S/C14H21NO3.C6H6/c1-10(15-13(17)18-14(2,3)4)12-7-5-6-11(8-12)9-16;1-2-4-6-5-3-1/h5-8,10,16H,9H2,1-4H3,(H,15,17);1-6H. The van der Waals surface area contributed by atoms with E-state index in [0.29, 0.717) is 0 Å². The summed E-state index contributed by atoms with van der Waals surface area (Å²) in [5.41, 5.74) is 1.26. The maximum Gasteiger partial charge on any atom is 0.408 e. The lowest BCUT2D eigenvalue weighted by Gasteiger charge is -2.22. The van der Waals surface area contributed by atoms with Crippen molar-refractivity contribution in [2.24, 2.45) is 0 Å². The Morgan fingerprint density at radius 2 is 1.62 bits per heavy atom. The molecule has 0 radical (unpaired) electrons. The first-order valence-corrected chi connectivity index (χ1v) is 8.01. The average molecular weight is 329 g/mol. The van der Waals surface area contributed by atoms with E-state index in [1.165, 1.54) is 0 Å². The van der Waals surface area contributed by atoms with E-state index < -0.39 is 11.7 Å². The molecule has 0 aromatic heterocycles. The number of benzene rings is 2. The molecule has 0 aliphatic rings. The summed E-state index contributed by atoms with van der Waals surface area (Å²) >= 11 is 0. The number of carbonyl (C=O) groups excluding carboxylic acids is 1. The second kappa shape index (κ2) is 9.73. The van der Waals surface area contributed by atoms with E-state index in [4.69, 9.17) is 9.84 Å². The van der Waals surface area contributed by atoms with Gasteiger partial charge in [-0.25, -0.2) is 4.79 Å². The highest BCUT2D eigenvalue weighted by molar-refractivity contribution is 5.68. The second-order valence-corrected chi connectivity index (χ2v) is 6.43. The summed E-state index contributed by atoms with van der Waals surface area (Å²) < 4.78 is 5.19. The number of ether oxygens (including phenoxy) is 1. The van der Waals surface area contributed by atoms with Crippen molar-refractivity contribution < 1.29 is 14.6 Å². The lowest BCUT2D eigenvalue weighted by atomic mass is 10.1. The molecule has 0 heterocycles. The van der Waals surface area contributed by atoms with Crippen LogP contribution in [0.3, 0.4) is 0 Å². The first-order chi connectivity index (χ1) is 11.3. The smallest absolute Gasteiger partial charge is 0.408 e. The monoisotopic (exact) mass is 329 g/mol. The molecule has 130 valence electrons. The summed E-state index contributed by atoms with van der Waals surface area (Å²) in [7, 11) is 0. The highest BCUT2D eigenvalue weighted by Gasteiger charge is 2.18. The Hall–Kier alpha value is -2.33. The van der Waals surface area contributed by atoms with Crippen molar-refractivity contribution in [2.45, 2.75) is 45.9 Å². The predicted octanol–water partition coefficient (Wildman–Crippen LogP) is 4.45. The van der Waals surface area contributed by atoms with Crippen LogP contribution >= 0.6 is 0 Å². The number of carbonyl (C=O) groups is 1. The molecule has 2 aromatic carbocycles. The van der Waals surface area contributed by atoms with E-state index in [9.17, 15) is 4.79 Å². The van der Waals surface area contributed by atoms with Gasteiger partial charge in [0.2, 0.25) is 0 Å². The molecule has 0 fully saturated rings. The Labute approximate surface area is 144 Å². The molecular formula is C20H27NO3. The van der Waals surface area contributed by atoms with Crippen molar-refractivity contribution in [1.29, 1.82) is 0 Å². The van der Waals surface area contributed by atoms with Gasteiger partial charge in [-0.05, 0) is 38.8 Å². The van der Waals surface area contributed by atoms with Crippen molar-refractivity contribution in [2.75, 3.05) is 0 Å². The molecule has 24 heavy (non-hydrogen) atoms. The summed E-state index contributed by atoms with van der Waals surface area (Å²) in [6.45, 7) is 7.34. The second-order valence-electron chi connectivity index (χ2n) is 6.43. The van der Waals surface area contributed by atoms with Gasteiger partial charge in [0.25, 0.3) is 0 Å². The predicted molar refractivity (Wildman–Crippen MR) is 96.6 cm³/mol. The largest absolute Gasteiger partial charge is 0.444 e. The summed E-state index contributed by atoms with van der Waals surface area (Å²) in [6.07, 6.45) is -0.440. The molecule has 2 N–H and O–H groups in total. The Balaban J connectivity index is 0.000000400. The van der Waals surface area contributed by atoms with Crippen LogP contribution in [-0.2, 0) is 11.3 Å². The Kier molecular flexibility index (Phi) is 7.99. The lowest BCUT2D eigenvalue weighted by molar-refractivity contribution is 0.0508. The molecule has 1 atom stereocenters. The van der Waals surface area contributed by atoms with Gasteiger partial charge in [0.15, 0.2) is 0 Å². The molecule has 1 amide bonds. The van der Waals surface area contributed by atoms with E-state index in [0.717, 1.165) is 11.1 Å². The molecular weight excluding hydrogens is 302 g/mol. The minimum absolute atomic E-state index is 0.00695. The minimum atomic E-state index is -0.503. The van der Waals surface area contributed by atoms with Crippen LogP contribution < -0.4 is 5.32 Å². The topological polar surface area (TPSA) is 58.6 Å². The molecule has 0 spiro atoms. The fourth-order valence-electron chi connectivity index (χ4n) is 1.91. The zero-order valence-corrected chi connectivity index (χ0v) is 14.8. The molecule has 2 aromatic rings. The van der Waals surface area contributed by atoms with Gasteiger partial charge in [0.05, 0.1) is 12.6 Å². The number of nitrogens with one attached hydrogen (secondary N) is 1. The van der Waals surface area contributed by atoms with Crippen LogP contribution in [-0.4, -0.2) is 16.8 Å². The Bertz CT molecular complexity index is 579. The van der Waals surface area contributed by atoms with E-state index >= 15 is 0 Å². The van der Waals surface area contributed by atoms with E-state index in [1.54, 1.807) is 0 Å². The summed E-state index contributed by atoms with van der Waals surface area (Å²) in [4.78, 5) is 11.6. The van der Waals surface area contributed by atoms with Crippen LogP contribution in [0.2, 0.25) is 0 Å². The Morgan fingerprint density at radius 3 is 2.08 bits per heavy atom. The summed E-state index contributed by atoms with van der Waals surface area (Å²) in [5, 5.41) is 11.8. The first-order valence-electron chi connectivity index (χ1n) is 8.01. The third-order valence-corrected chi connectivity index (χ3v) is 3.03. The first kappa shape index (κ1) is 19.7. The molecule has 1 unspecified atom stereocenters. The van der Waals surface area contributed by atoms with Gasteiger partial charge in [-0.2, -0.15) is 0 Å². The molecule has 4 heteroatoms. The van der Waals surface area contributed by atoms with Crippen LogP contribution in [0.4, 0.5) is 4.79 Å². The number of aliphatic hydroxyl groups is 1. The molecule has 0 saturated carbocycles. The maximum atomic E-state index is 11.6. The average Bonchev–Trinajstić information content (AvgIpc) is 2.55. The van der Waals surface area contributed by atoms with Gasteiger partial charge in [0.1, 0.15) is 5.60 Å². The van der Waals surface area contributed by atoms with Crippen molar-refractivity contribution in [1.82, 2.24) is 5.32 Å². The highest BCUT2D eigenvalue weighted by atomic mass is 16.6. The van der Waals surface area contributed by atoms with Crippen LogP contribution in [0.5, 0.6) is 0 Å². The van der Waals surface area contributed by atoms with Crippen molar-refractivity contribution in [3.63, 3.8) is 0 Å². The van der Waals surface area contributed by atoms with Crippen LogP contribution in [0, 0.1) is 0 Å². The fraction of sp³-hybridized carbons (Fsp3) is 0.350. The number of rotatable bonds is 3. The third kappa shape index (κ3) is 8.34. The number of aliphatic hydroxyl groups excluding tert-OH is 1. The van der Waals surface area contributed by atoms with Crippen molar-refractivity contribution in [3.8, 4) is 0 Å². The fourth-order valence-corrected chi connectivity index (χ4v) is 1.91. The minimum Gasteiger partial charge on any atom is -0.444 e. The van der Waals surface area contributed by atoms with E-state index in [1.807, 2.05) is 88.4 Å². The van der Waals surface area contributed by atoms with Gasteiger partial charge < -0.3 is 15.2 Å². The molecule has 0 bridgehead atoms. The van der Waals surface area contributed by atoms with Crippen LogP contribution in [0.15, 0.2) is 60.7 Å². The van der Waals surface area contributed by atoms with Gasteiger partial charge in [-0.3, -0.25) is 0 Å². The highest BCUT2D eigenvalue weighted by Crippen LogP contribution is 2.15. The maximum absolute atomic E-state index is 11.6. The quantitative estimate of drug-likeness (QED) is 0.874. The van der Waals surface area contributed by atoms with Gasteiger partial charge in [0, 0.05) is 0 Å². The molecule has 4 nitrogen and oxygen atoms in total. The van der Waals surface area contributed by atoms with E-state index in [2.05, 4.69) is 5.32 Å². The van der Waals surface area contributed by atoms with Gasteiger partial charge >= 0.3 is 6.09 Å². The molecule has 0 aliphatic carbocycles. The van der Waals surface area contributed by atoms with Gasteiger partial charge in [-0.1, -0.05) is 60.7 Å². The lowest BCUT2D eigenvalue weighted by Crippen LogP contribution is -2.34. The van der Waals surface area contributed by atoms with Crippen molar-refractivity contribution in [3.05, 3.63) is 71.8 Å². The molecule has 2 rings (SSSR count). The van der Waals surface area contributed by atoms with Crippen LogP contribution in [0.25, 0.3) is 0 Å². The zero-order chi connectivity index (χ0) is 18.0.